The minimum Gasteiger partial charge on any atom is -0.441 e. The first-order valence-corrected chi connectivity index (χ1v) is 9.34. The molecule has 3 heterocycles. The molecule has 2 aromatic rings. The molecule has 1 atom stereocenters. The standard InChI is InChI=1S/C20H27N3O2/c1-14(2)18-20(25-19(24)22-18)8-11-23(12-9-20)10-7-15-13-21-17-6-4-3-5-16(15)17/h3-6,13-14,18,21H,7-12H2,1-2H3,(H,22,24). The number of alkyl carbamates (subject to hydrolysis) is 1. The molecule has 1 spiro atoms. The number of amides is 1. The van der Waals surface area contributed by atoms with Crippen molar-refractivity contribution in [2.45, 2.75) is 44.8 Å². The molecule has 0 aliphatic carbocycles. The number of aromatic amines is 1. The highest BCUT2D eigenvalue weighted by molar-refractivity contribution is 5.83. The first-order valence-electron chi connectivity index (χ1n) is 9.34. The van der Waals surface area contributed by atoms with Gasteiger partial charge in [-0.25, -0.2) is 4.79 Å². The molecule has 5 heteroatoms. The van der Waals surface area contributed by atoms with E-state index in [9.17, 15) is 4.79 Å². The molecule has 0 saturated carbocycles. The first kappa shape index (κ1) is 16.5. The van der Waals surface area contributed by atoms with Gasteiger partial charge in [-0.15, -0.1) is 0 Å². The molecule has 1 aromatic heterocycles. The van der Waals surface area contributed by atoms with Gasteiger partial charge in [0.05, 0.1) is 6.04 Å². The number of aromatic nitrogens is 1. The van der Waals surface area contributed by atoms with E-state index in [2.05, 4.69) is 59.5 Å². The van der Waals surface area contributed by atoms with Gasteiger partial charge in [0.25, 0.3) is 0 Å². The van der Waals surface area contributed by atoms with Crippen molar-refractivity contribution < 1.29 is 9.53 Å². The summed E-state index contributed by atoms with van der Waals surface area (Å²) in [7, 11) is 0. The molecule has 134 valence electrons. The Kier molecular flexibility index (Phi) is 4.20. The molecule has 25 heavy (non-hydrogen) atoms. The Balaban J connectivity index is 1.37. The van der Waals surface area contributed by atoms with Gasteiger partial charge in [0, 0.05) is 49.6 Å². The lowest BCUT2D eigenvalue weighted by Gasteiger charge is -2.41. The molecule has 2 saturated heterocycles. The van der Waals surface area contributed by atoms with E-state index in [0.29, 0.717) is 5.92 Å². The quantitative estimate of drug-likeness (QED) is 0.897. The first-order chi connectivity index (χ1) is 12.1. The van der Waals surface area contributed by atoms with Crippen LogP contribution in [0.3, 0.4) is 0 Å². The molecule has 2 fully saturated rings. The number of carbonyl (C=O) groups is 1. The van der Waals surface area contributed by atoms with Crippen molar-refractivity contribution in [2.24, 2.45) is 5.92 Å². The van der Waals surface area contributed by atoms with Gasteiger partial charge in [-0.2, -0.15) is 0 Å². The number of H-pyrrole nitrogens is 1. The Labute approximate surface area is 148 Å². The average molecular weight is 341 g/mol. The number of piperidine rings is 1. The van der Waals surface area contributed by atoms with Gasteiger partial charge in [-0.1, -0.05) is 32.0 Å². The van der Waals surface area contributed by atoms with Crippen LogP contribution in [0.15, 0.2) is 30.5 Å². The SMILES string of the molecule is CC(C)C1NC(=O)OC12CCN(CCc1c[nH]c3ccccc13)CC2. The largest absolute Gasteiger partial charge is 0.441 e. The fourth-order valence-electron chi connectivity index (χ4n) is 4.50. The van der Waals surface area contributed by atoms with Gasteiger partial charge in [0.2, 0.25) is 0 Å². The molecule has 0 bridgehead atoms. The van der Waals surface area contributed by atoms with Crippen LogP contribution < -0.4 is 5.32 Å². The van der Waals surface area contributed by atoms with E-state index in [-0.39, 0.29) is 17.7 Å². The zero-order chi connectivity index (χ0) is 17.4. The smallest absolute Gasteiger partial charge is 0.408 e. The fourth-order valence-corrected chi connectivity index (χ4v) is 4.50. The molecule has 2 aliphatic rings. The zero-order valence-electron chi connectivity index (χ0n) is 15.0. The van der Waals surface area contributed by atoms with Gasteiger partial charge in [0.15, 0.2) is 0 Å². The lowest BCUT2D eigenvalue weighted by molar-refractivity contribution is -0.0262. The predicted molar refractivity (Wildman–Crippen MR) is 98.7 cm³/mol. The minimum atomic E-state index is -0.303. The molecule has 2 aliphatic heterocycles. The average Bonchev–Trinajstić information content (AvgIpc) is 3.16. The van der Waals surface area contributed by atoms with E-state index >= 15 is 0 Å². The molecule has 1 aromatic carbocycles. The number of fused-ring (bicyclic) bond motifs is 1. The maximum absolute atomic E-state index is 11.8. The number of para-hydroxylation sites is 1. The number of nitrogens with zero attached hydrogens (tertiary/aromatic N) is 1. The van der Waals surface area contributed by atoms with Gasteiger partial charge < -0.3 is 19.9 Å². The summed E-state index contributed by atoms with van der Waals surface area (Å²) in [5, 5.41) is 4.34. The summed E-state index contributed by atoms with van der Waals surface area (Å²) >= 11 is 0. The maximum atomic E-state index is 11.8. The highest BCUT2D eigenvalue weighted by Crippen LogP contribution is 2.37. The van der Waals surface area contributed by atoms with Gasteiger partial charge in [0.1, 0.15) is 5.60 Å². The van der Waals surface area contributed by atoms with E-state index < -0.39 is 0 Å². The van der Waals surface area contributed by atoms with Crippen LogP contribution in [0.25, 0.3) is 10.9 Å². The molecular formula is C20H27N3O2. The number of carbonyl (C=O) groups excluding carboxylic acids is 1. The van der Waals surface area contributed by atoms with Crippen molar-refractivity contribution in [3.05, 3.63) is 36.0 Å². The molecule has 1 unspecified atom stereocenters. The van der Waals surface area contributed by atoms with Crippen LogP contribution in [0.2, 0.25) is 0 Å². The van der Waals surface area contributed by atoms with Gasteiger partial charge in [-0.05, 0) is 24.0 Å². The Morgan fingerprint density at radius 3 is 2.80 bits per heavy atom. The lowest BCUT2D eigenvalue weighted by atomic mass is 9.79. The highest BCUT2D eigenvalue weighted by atomic mass is 16.6. The zero-order valence-corrected chi connectivity index (χ0v) is 15.0. The number of ether oxygens (including phenoxy) is 1. The number of hydrogen-bond acceptors (Lipinski definition) is 3. The fraction of sp³-hybridized carbons (Fsp3) is 0.550. The van der Waals surface area contributed by atoms with Crippen molar-refractivity contribution in [1.82, 2.24) is 15.2 Å². The normalized spacial score (nSPS) is 23.3. The molecule has 5 nitrogen and oxygen atoms in total. The second-order valence-corrected chi connectivity index (χ2v) is 7.77. The third-order valence-electron chi connectivity index (χ3n) is 5.88. The summed E-state index contributed by atoms with van der Waals surface area (Å²) in [6.07, 6.45) is 4.77. The van der Waals surface area contributed by atoms with Crippen LogP contribution >= 0.6 is 0 Å². The second kappa shape index (κ2) is 6.37. The van der Waals surface area contributed by atoms with Crippen molar-refractivity contribution in [3.63, 3.8) is 0 Å². The summed E-state index contributed by atoms with van der Waals surface area (Å²) in [5.41, 5.74) is 2.28. The van der Waals surface area contributed by atoms with Crippen LogP contribution in [0, 0.1) is 5.92 Å². The van der Waals surface area contributed by atoms with E-state index in [0.717, 1.165) is 38.9 Å². The third-order valence-corrected chi connectivity index (χ3v) is 5.88. The third kappa shape index (κ3) is 3.01. The number of hydrogen-bond donors (Lipinski definition) is 2. The number of benzene rings is 1. The van der Waals surface area contributed by atoms with Crippen LogP contribution in [-0.2, 0) is 11.2 Å². The van der Waals surface area contributed by atoms with Crippen molar-refractivity contribution in [2.75, 3.05) is 19.6 Å². The van der Waals surface area contributed by atoms with Crippen LogP contribution in [0.4, 0.5) is 4.79 Å². The van der Waals surface area contributed by atoms with Crippen molar-refractivity contribution >= 4 is 17.0 Å². The maximum Gasteiger partial charge on any atom is 0.408 e. The monoisotopic (exact) mass is 341 g/mol. The summed E-state index contributed by atoms with van der Waals surface area (Å²) in [4.78, 5) is 17.6. The number of nitrogens with one attached hydrogen (secondary N) is 2. The van der Waals surface area contributed by atoms with E-state index in [1.165, 1.54) is 16.5 Å². The van der Waals surface area contributed by atoms with E-state index in [4.69, 9.17) is 4.74 Å². The van der Waals surface area contributed by atoms with Crippen molar-refractivity contribution in [1.29, 1.82) is 0 Å². The molecule has 0 radical (unpaired) electrons. The summed E-state index contributed by atoms with van der Waals surface area (Å²) in [5.74, 6) is 0.393. The summed E-state index contributed by atoms with van der Waals surface area (Å²) in [6, 6.07) is 8.60. The Bertz CT molecular complexity index is 759. The summed E-state index contributed by atoms with van der Waals surface area (Å²) in [6.45, 7) is 7.34. The van der Waals surface area contributed by atoms with Crippen LogP contribution in [0.1, 0.15) is 32.3 Å². The van der Waals surface area contributed by atoms with Crippen LogP contribution in [-0.4, -0.2) is 47.3 Å². The number of rotatable bonds is 4. The Hall–Kier alpha value is -2.01. The van der Waals surface area contributed by atoms with E-state index in [1.54, 1.807) is 0 Å². The lowest BCUT2D eigenvalue weighted by Crippen LogP contribution is -2.54. The van der Waals surface area contributed by atoms with Crippen molar-refractivity contribution in [3.8, 4) is 0 Å². The number of likely N-dealkylation sites (tertiary alicyclic amines) is 1. The van der Waals surface area contributed by atoms with E-state index in [1.807, 2.05) is 0 Å². The van der Waals surface area contributed by atoms with Gasteiger partial charge in [-0.3, -0.25) is 0 Å². The summed E-state index contributed by atoms with van der Waals surface area (Å²) < 4.78 is 5.74. The Morgan fingerprint density at radius 1 is 1.28 bits per heavy atom. The Morgan fingerprint density at radius 2 is 2.04 bits per heavy atom. The molecular weight excluding hydrogens is 314 g/mol. The minimum absolute atomic E-state index is 0.135. The topological polar surface area (TPSA) is 57.4 Å². The highest BCUT2D eigenvalue weighted by Gasteiger charge is 2.51. The predicted octanol–water partition coefficient (Wildman–Crippen LogP) is 3.31. The molecule has 4 rings (SSSR count). The van der Waals surface area contributed by atoms with Gasteiger partial charge >= 0.3 is 6.09 Å². The molecule has 1 amide bonds. The molecule has 2 N–H and O–H groups in total. The van der Waals surface area contributed by atoms with Crippen LogP contribution in [0.5, 0.6) is 0 Å². The second-order valence-electron chi connectivity index (χ2n) is 7.77.